The number of hydrogen-bond donors (Lipinski definition) is 3. The Kier molecular flexibility index (Phi) is 4.65. The van der Waals surface area contributed by atoms with Gasteiger partial charge in [-0.3, -0.25) is 4.79 Å². The zero-order chi connectivity index (χ0) is 12.0. The predicted molar refractivity (Wildman–Crippen MR) is 61.9 cm³/mol. The smallest absolute Gasteiger partial charge is 0.269 e. The highest BCUT2D eigenvalue weighted by molar-refractivity contribution is 5.90. The maximum Gasteiger partial charge on any atom is 0.269 e. The molecule has 0 spiro atoms. The van der Waals surface area contributed by atoms with Gasteiger partial charge in [-0.05, 0) is 31.0 Å². The molecule has 1 amide bonds. The van der Waals surface area contributed by atoms with Crippen molar-refractivity contribution in [3.63, 3.8) is 0 Å². The Morgan fingerprint density at radius 3 is 2.75 bits per heavy atom. The van der Waals surface area contributed by atoms with Crippen LogP contribution >= 0.6 is 0 Å². The van der Waals surface area contributed by atoms with E-state index < -0.39 is 5.91 Å². The summed E-state index contributed by atoms with van der Waals surface area (Å²) in [6.45, 7) is 3.56. The fourth-order valence-corrected chi connectivity index (χ4v) is 1.22. The number of carbonyl (C=O) groups excluding carboxylic acids is 1. The molecule has 0 aliphatic rings. The Morgan fingerprint density at radius 1 is 1.50 bits per heavy atom. The monoisotopic (exact) mass is 223 g/mol. The van der Waals surface area contributed by atoms with E-state index in [1.807, 2.05) is 0 Å². The lowest BCUT2D eigenvalue weighted by Crippen LogP contribution is -2.17. The first-order chi connectivity index (χ1) is 7.63. The molecule has 1 atom stereocenters. The van der Waals surface area contributed by atoms with Crippen LogP contribution in [-0.4, -0.2) is 29.2 Å². The summed E-state index contributed by atoms with van der Waals surface area (Å²) in [6, 6.07) is 3.23. The van der Waals surface area contributed by atoms with E-state index in [0.717, 1.165) is 13.0 Å². The molecule has 6 nitrogen and oxygen atoms in total. The van der Waals surface area contributed by atoms with Crippen LogP contribution in [-0.2, 0) is 0 Å². The molecule has 1 unspecified atom stereocenters. The molecule has 1 aromatic heterocycles. The third kappa shape index (κ3) is 3.82. The molecule has 5 N–H and O–H groups in total. The average molecular weight is 223 g/mol. The molecule has 0 aliphatic heterocycles. The lowest BCUT2D eigenvalue weighted by Gasteiger charge is -2.11. The van der Waals surface area contributed by atoms with E-state index >= 15 is 0 Å². The number of primary amides is 1. The van der Waals surface area contributed by atoms with Crippen molar-refractivity contribution in [3.05, 3.63) is 17.8 Å². The molecule has 0 fully saturated rings. The number of amides is 1. The van der Waals surface area contributed by atoms with Gasteiger partial charge in [0, 0.05) is 6.54 Å². The van der Waals surface area contributed by atoms with Crippen molar-refractivity contribution in [3.8, 4) is 0 Å². The molecule has 0 radical (unpaired) electrons. The normalized spacial score (nSPS) is 12.1. The molecular weight excluding hydrogens is 206 g/mol. The van der Waals surface area contributed by atoms with Gasteiger partial charge in [0.05, 0.1) is 0 Å². The van der Waals surface area contributed by atoms with Crippen molar-refractivity contribution in [1.82, 2.24) is 10.2 Å². The Balaban J connectivity index is 2.46. The zero-order valence-corrected chi connectivity index (χ0v) is 9.31. The molecule has 1 heterocycles. The van der Waals surface area contributed by atoms with Crippen LogP contribution in [0.3, 0.4) is 0 Å². The third-order valence-electron chi connectivity index (χ3n) is 2.21. The largest absolute Gasteiger partial charge is 0.368 e. The molecule has 0 aliphatic carbocycles. The highest BCUT2D eigenvalue weighted by atomic mass is 16.1. The second kappa shape index (κ2) is 6.02. The maximum absolute atomic E-state index is 10.7. The third-order valence-corrected chi connectivity index (χ3v) is 2.21. The Labute approximate surface area is 94.4 Å². The van der Waals surface area contributed by atoms with Gasteiger partial charge in [-0.25, -0.2) is 0 Å². The van der Waals surface area contributed by atoms with Gasteiger partial charge < -0.3 is 16.8 Å². The lowest BCUT2D eigenvalue weighted by atomic mass is 10.1. The lowest BCUT2D eigenvalue weighted by molar-refractivity contribution is 0.0994. The minimum atomic E-state index is -0.574. The predicted octanol–water partition coefficient (Wildman–Crippen LogP) is -0.0277. The van der Waals surface area contributed by atoms with Crippen LogP contribution in [0, 0.1) is 5.92 Å². The van der Waals surface area contributed by atoms with Gasteiger partial charge >= 0.3 is 0 Å². The Hall–Kier alpha value is -1.69. The first-order valence-electron chi connectivity index (χ1n) is 5.21. The highest BCUT2D eigenvalue weighted by Gasteiger charge is 2.04. The summed E-state index contributed by atoms with van der Waals surface area (Å²) in [7, 11) is 0. The highest BCUT2D eigenvalue weighted by Crippen LogP contribution is 2.05. The van der Waals surface area contributed by atoms with Crippen molar-refractivity contribution < 1.29 is 4.79 Å². The van der Waals surface area contributed by atoms with Crippen molar-refractivity contribution >= 4 is 11.7 Å². The van der Waals surface area contributed by atoms with E-state index in [1.165, 1.54) is 0 Å². The fourth-order valence-electron chi connectivity index (χ4n) is 1.22. The number of anilines is 1. The van der Waals surface area contributed by atoms with Crippen LogP contribution in [0.5, 0.6) is 0 Å². The quantitative estimate of drug-likeness (QED) is 0.628. The summed E-state index contributed by atoms with van der Waals surface area (Å²) < 4.78 is 0. The van der Waals surface area contributed by atoms with Crippen molar-refractivity contribution in [2.45, 2.75) is 13.3 Å². The molecule has 0 saturated heterocycles. The minimum Gasteiger partial charge on any atom is -0.368 e. The fraction of sp³-hybridized carbons (Fsp3) is 0.500. The van der Waals surface area contributed by atoms with Gasteiger partial charge in [-0.15, -0.1) is 10.2 Å². The van der Waals surface area contributed by atoms with E-state index in [-0.39, 0.29) is 5.69 Å². The van der Waals surface area contributed by atoms with E-state index in [4.69, 9.17) is 11.5 Å². The number of nitrogens with zero attached hydrogens (tertiary/aromatic N) is 2. The number of hydrogen-bond acceptors (Lipinski definition) is 5. The number of nitrogens with one attached hydrogen (secondary N) is 1. The number of rotatable bonds is 6. The van der Waals surface area contributed by atoms with E-state index in [9.17, 15) is 4.79 Å². The molecule has 0 aromatic carbocycles. The zero-order valence-electron chi connectivity index (χ0n) is 9.31. The molecule has 16 heavy (non-hydrogen) atoms. The van der Waals surface area contributed by atoms with Crippen molar-refractivity contribution in [2.75, 3.05) is 18.4 Å². The second-order valence-corrected chi connectivity index (χ2v) is 3.73. The van der Waals surface area contributed by atoms with Gasteiger partial charge in [0.15, 0.2) is 5.69 Å². The summed E-state index contributed by atoms with van der Waals surface area (Å²) in [5, 5.41) is 10.6. The van der Waals surface area contributed by atoms with Crippen molar-refractivity contribution in [1.29, 1.82) is 0 Å². The molecule has 88 valence electrons. The molecule has 1 rings (SSSR count). The SMILES string of the molecule is CC(CCN)CNc1ccc(C(N)=O)nn1. The minimum absolute atomic E-state index is 0.167. The maximum atomic E-state index is 10.7. The summed E-state index contributed by atoms with van der Waals surface area (Å²) in [5.41, 5.74) is 10.7. The Morgan fingerprint density at radius 2 is 2.25 bits per heavy atom. The second-order valence-electron chi connectivity index (χ2n) is 3.73. The topological polar surface area (TPSA) is 107 Å². The van der Waals surface area contributed by atoms with Crippen molar-refractivity contribution in [2.24, 2.45) is 17.4 Å². The van der Waals surface area contributed by atoms with E-state index in [1.54, 1.807) is 12.1 Å². The number of aromatic nitrogens is 2. The van der Waals surface area contributed by atoms with Gasteiger partial charge in [0.1, 0.15) is 5.82 Å². The molecule has 0 bridgehead atoms. The van der Waals surface area contributed by atoms with Crippen LogP contribution < -0.4 is 16.8 Å². The van der Waals surface area contributed by atoms with Crippen LogP contribution in [0.15, 0.2) is 12.1 Å². The molecule has 1 aromatic rings. The van der Waals surface area contributed by atoms with Crippen LogP contribution in [0.1, 0.15) is 23.8 Å². The van der Waals surface area contributed by atoms with Crippen LogP contribution in [0.4, 0.5) is 5.82 Å². The first kappa shape index (κ1) is 12.4. The number of carbonyl (C=O) groups is 1. The summed E-state index contributed by atoms with van der Waals surface area (Å²) in [6.07, 6.45) is 0.958. The van der Waals surface area contributed by atoms with Gasteiger partial charge in [0.2, 0.25) is 0 Å². The van der Waals surface area contributed by atoms with E-state index in [2.05, 4.69) is 22.4 Å². The average Bonchev–Trinajstić information content (AvgIpc) is 2.27. The van der Waals surface area contributed by atoms with Crippen LogP contribution in [0.25, 0.3) is 0 Å². The standard InChI is InChI=1S/C10H17N5O/c1-7(4-5-11)6-13-9-3-2-8(10(12)16)14-15-9/h2-3,7H,4-6,11H2,1H3,(H2,12,16)(H,13,15). The number of nitrogens with two attached hydrogens (primary N) is 2. The van der Waals surface area contributed by atoms with Gasteiger partial charge in [0.25, 0.3) is 5.91 Å². The van der Waals surface area contributed by atoms with Gasteiger partial charge in [-0.1, -0.05) is 6.92 Å². The summed E-state index contributed by atoms with van der Waals surface area (Å²) in [5.74, 6) is 0.534. The summed E-state index contributed by atoms with van der Waals surface area (Å²) >= 11 is 0. The van der Waals surface area contributed by atoms with E-state index in [0.29, 0.717) is 18.3 Å². The molecule has 0 saturated carbocycles. The summed E-state index contributed by atoms with van der Waals surface area (Å²) in [4.78, 5) is 10.7. The first-order valence-corrected chi connectivity index (χ1v) is 5.21. The van der Waals surface area contributed by atoms with Gasteiger partial charge in [-0.2, -0.15) is 0 Å². The molecular formula is C10H17N5O. The Bertz CT molecular complexity index is 338. The molecule has 6 heteroatoms. The van der Waals surface area contributed by atoms with Crippen LogP contribution in [0.2, 0.25) is 0 Å².